The van der Waals surface area contributed by atoms with Crippen molar-refractivity contribution in [2.75, 3.05) is 27.2 Å². The number of nitrogens with zero attached hydrogens (tertiary/aromatic N) is 1. The van der Waals surface area contributed by atoms with Crippen molar-refractivity contribution in [3.63, 3.8) is 0 Å². The van der Waals surface area contributed by atoms with Gasteiger partial charge in [-0.05, 0) is 13.3 Å². The highest BCUT2D eigenvalue weighted by Crippen LogP contribution is 2.06. The van der Waals surface area contributed by atoms with Gasteiger partial charge in [-0.1, -0.05) is 39.0 Å². The third kappa shape index (κ3) is 10.4. The predicted octanol–water partition coefficient (Wildman–Crippen LogP) is 2.60. The Labute approximate surface area is 113 Å². The van der Waals surface area contributed by atoms with Gasteiger partial charge in [-0.25, -0.2) is 4.79 Å². The van der Waals surface area contributed by atoms with Crippen LogP contribution in [0.15, 0.2) is 0 Å². The number of rotatable bonds is 10. The van der Waals surface area contributed by atoms with E-state index < -0.39 is 0 Å². The van der Waals surface area contributed by atoms with Crippen molar-refractivity contribution in [3.05, 3.63) is 0 Å². The fourth-order valence-electron chi connectivity index (χ4n) is 1.80. The molecule has 0 aliphatic rings. The number of urea groups is 1. The third-order valence-corrected chi connectivity index (χ3v) is 3.04. The normalized spacial score (nSPS) is 12.2. The van der Waals surface area contributed by atoms with E-state index in [2.05, 4.69) is 24.5 Å². The molecule has 0 saturated heterocycles. The lowest BCUT2D eigenvalue weighted by molar-refractivity contribution is 0.217. The molecule has 4 nitrogen and oxygen atoms in total. The van der Waals surface area contributed by atoms with Crippen LogP contribution in [0, 0.1) is 0 Å². The number of amides is 2. The van der Waals surface area contributed by atoms with Crippen molar-refractivity contribution in [2.45, 2.75) is 58.4 Å². The lowest BCUT2D eigenvalue weighted by Gasteiger charge is -2.15. The first-order chi connectivity index (χ1) is 8.57. The van der Waals surface area contributed by atoms with Gasteiger partial charge < -0.3 is 15.5 Å². The summed E-state index contributed by atoms with van der Waals surface area (Å²) in [5, 5.41) is 6.28. The molecule has 0 aliphatic carbocycles. The summed E-state index contributed by atoms with van der Waals surface area (Å²) in [4.78, 5) is 12.8. The second-order valence-electron chi connectivity index (χ2n) is 5.18. The molecule has 0 aromatic rings. The molecule has 0 saturated carbocycles. The van der Waals surface area contributed by atoms with Crippen molar-refractivity contribution >= 4 is 6.03 Å². The van der Waals surface area contributed by atoms with E-state index in [1.165, 1.54) is 38.5 Å². The van der Waals surface area contributed by atoms with Gasteiger partial charge in [0.1, 0.15) is 0 Å². The van der Waals surface area contributed by atoms with E-state index in [0.717, 1.165) is 6.54 Å². The largest absolute Gasteiger partial charge is 0.337 e. The number of hydrogen-bond donors (Lipinski definition) is 2. The molecule has 0 aromatic heterocycles. The summed E-state index contributed by atoms with van der Waals surface area (Å²) in [5.74, 6) is 0. The highest BCUT2D eigenvalue weighted by atomic mass is 16.2. The average molecular weight is 257 g/mol. The van der Waals surface area contributed by atoms with Gasteiger partial charge in [0.2, 0.25) is 0 Å². The molecule has 18 heavy (non-hydrogen) atoms. The molecule has 2 N–H and O–H groups in total. The molecule has 0 spiro atoms. The van der Waals surface area contributed by atoms with Gasteiger partial charge in [0.05, 0.1) is 0 Å². The SMILES string of the molecule is CCCCCCCC(C)NCCNC(=O)N(C)C. The van der Waals surface area contributed by atoms with Crippen LogP contribution in [0.1, 0.15) is 52.4 Å². The minimum absolute atomic E-state index is 0.0241. The van der Waals surface area contributed by atoms with Gasteiger partial charge in [0, 0.05) is 33.2 Å². The second kappa shape index (κ2) is 11.3. The van der Waals surface area contributed by atoms with E-state index >= 15 is 0 Å². The average Bonchev–Trinajstić information content (AvgIpc) is 2.34. The van der Waals surface area contributed by atoms with Crippen LogP contribution in [-0.4, -0.2) is 44.2 Å². The van der Waals surface area contributed by atoms with Crippen molar-refractivity contribution in [1.82, 2.24) is 15.5 Å². The van der Waals surface area contributed by atoms with Crippen LogP contribution in [0.3, 0.4) is 0 Å². The van der Waals surface area contributed by atoms with Crippen LogP contribution in [-0.2, 0) is 0 Å². The number of carbonyl (C=O) groups excluding carboxylic acids is 1. The molecule has 2 amide bonds. The second-order valence-corrected chi connectivity index (χ2v) is 5.18. The summed E-state index contributed by atoms with van der Waals surface area (Å²) in [6.07, 6.45) is 7.90. The number of hydrogen-bond acceptors (Lipinski definition) is 2. The summed E-state index contributed by atoms with van der Waals surface area (Å²) in [5.41, 5.74) is 0. The smallest absolute Gasteiger partial charge is 0.316 e. The van der Waals surface area contributed by atoms with Crippen molar-refractivity contribution in [1.29, 1.82) is 0 Å². The molecule has 0 heterocycles. The number of carbonyl (C=O) groups is 1. The molecule has 1 atom stereocenters. The molecule has 4 heteroatoms. The van der Waals surface area contributed by atoms with Crippen LogP contribution in [0.2, 0.25) is 0 Å². The van der Waals surface area contributed by atoms with Crippen molar-refractivity contribution in [2.24, 2.45) is 0 Å². The Morgan fingerprint density at radius 2 is 1.78 bits per heavy atom. The molecule has 0 radical (unpaired) electrons. The van der Waals surface area contributed by atoms with E-state index in [0.29, 0.717) is 12.6 Å². The van der Waals surface area contributed by atoms with Gasteiger partial charge in [-0.15, -0.1) is 0 Å². The Hall–Kier alpha value is -0.770. The highest BCUT2D eigenvalue weighted by Gasteiger charge is 2.03. The fraction of sp³-hybridized carbons (Fsp3) is 0.929. The Balaban J connectivity index is 3.31. The first kappa shape index (κ1) is 17.2. The lowest BCUT2D eigenvalue weighted by atomic mass is 10.1. The van der Waals surface area contributed by atoms with Gasteiger partial charge in [-0.3, -0.25) is 0 Å². The Bertz CT molecular complexity index is 207. The minimum atomic E-state index is -0.0241. The number of nitrogens with one attached hydrogen (secondary N) is 2. The van der Waals surface area contributed by atoms with Gasteiger partial charge >= 0.3 is 6.03 Å². The predicted molar refractivity (Wildman–Crippen MR) is 77.9 cm³/mol. The van der Waals surface area contributed by atoms with E-state index in [1.807, 2.05) is 0 Å². The zero-order valence-corrected chi connectivity index (χ0v) is 12.6. The van der Waals surface area contributed by atoms with Crippen LogP contribution in [0.4, 0.5) is 4.79 Å². The van der Waals surface area contributed by atoms with Gasteiger partial charge in [0.15, 0.2) is 0 Å². The number of unbranched alkanes of at least 4 members (excludes halogenated alkanes) is 4. The fourth-order valence-corrected chi connectivity index (χ4v) is 1.80. The minimum Gasteiger partial charge on any atom is -0.337 e. The molecule has 0 aliphatic heterocycles. The van der Waals surface area contributed by atoms with E-state index in [1.54, 1.807) is 19.0 Å². The Kier molecular flexibility index (Phi) is 10.8. The molecule has 108 valence electrons. The summed E-state index contributed by atoms with van der Waals surface area (Å²) in [7, 11) is 3.50. The maximum absolute atomic E-state index is 11.2. The first-order valence-corrected chi connectivity index (χ1v) is 7.26. The molecule has 0 aromatic carbocycles. The first-order valence-electron chi connectivity index (χ1n) is 7.26. The lowest BCUT2D eigenvalue weighted by Crippen LogP contribution is -2.40. The van der Waals surface area contributed by atoms with E-state index in [-0.39, 0.29) is 6.03 Å². The standard InChI is InChI=1S/C14H31N3O/c1-5-6-7-8-9-10-13(2)15-11-12-16-14(18)17(3)4/h13,15H,5-12H2,1-4H3,(H,16,18). The van der Waals surface area contributed by atoms with Crippen LogP contribution >= 0.6 is 0 Å². The monoisotopic (exact) mass is 257 g/mol. The van der Waals surface area contributed by atoms with E-state index in [9.17, 15) is 4.79 Å². The molecule has 0 fully saturated rings. The van der Waals surface area contributed by atoms with Crippen LogP contribution in [0.5, 0.6) is 0 Å². The topological polar surface area (TPSA) is 44.4 Å². The zero-order valence-electron chi connectivity index (χ0n) is 12.6. The van der Waals surface area contributed by atoms with Gasteiger partial charge in [0.25, 0.3) is 0 Å². The third-order valence-electron chi connectivity index (χ3n) is 3.04. The van der Waals surface area contributed by atoms with E-state index in [4.69, 9.17) is 0 Å². The summed E-state index contributed by atoms with van der Waals surface area (Å²) in [6, 6.07) is 0.520. The zero-order chi connectivity index (χ0) is 13.8. The summed E-state index contributed by atoms with van der Waals surface area (Å²) < 4.78 is 0. The van der Waals surface area contributed by atoms with Crippen LogP contribution < -0.4 is 10.6 Å². The Morgan fingerprint density at radius 1 is 1.11 bits per heavy atom. The van der Waals surface area contributed by atoms with Crippen LogP contribution in [0.25, 0.3) is 0 Å². The molecule has 0 bridgehead atoms. The van der Waals surface area contributed by atoms with Crippen molar-refractivity contribution < 1.29 is 4.79 Å². The Morgan fingerprint density at radius 3 is 2.39 bits per heavy atom. The highest BCUT2D eigenvalue weighted by molar-refractivity contribution is 5.73. The molecule has 0 rings (SSSR count). The molecule has 1 unspecified atom stereocenters. The van der Waals surface area contributed by atoms with Gasteiger partial charge in [-0.2, -0.15) is 0 Å². The summed E-state index contributed by atoms with van der Waals surface area (Å²) in [6.45, 7) is 5.99. The van der Waals surface area contributed by atoms with Crippen molar-refractivity contribution in [3.8, 4) is 0 Å². The summed E-state index contributed by atoms with van der Waals surface area (Å²) >= 11 is 0. The maximum atomic E-state index is 11.2. The maximum Gasteiger partial charge on any atom is 0.316 e. The molecular weight excluding hydrogens is 226 g/mol. The molecular formula is C14H31N3O. The quantitative estimate of drug-likeness (QED) is 0.591.